The number of hydrogen-bond acceptors (Lipinski definition) is 5. The maximum Gasteiger partial charge on any atom is 0.336 e. The van der Waals surface area contributed by atoms with Crippen LogP contribution in [0.4, 0.5) is 0 Å². The highest BCUT2D eigenvalue weighted by Crippen LogP contribution is 2.41. The molecule has 0 fully saturated rings. The van der Waals surface area contributed by atoms with Crippen molar-refractivity contribution in [2.24, 2.45) is 0 Å². The van der Waals surface area contributed by atoms with E-state index < -0.39 is 7.82 Å². The minimum Gasteiger partial charge on any atom is -0.745 e. The van der Waals surface area contributed by atoms with Crippen LogP contribution in [0, 0.1) is 0 Å². The van der Waals surface area contributed by atoms with Crippen molar-refractivity contribution in [2.45, 2.75) is 13.1 Å². The van der Waals surface area contributed by atoms with Crippen molar-refractivity contribution in [3.05, 3.63) is 102 Å². The van der Waals surface area contributed by atoms with E-state index >= 15 is 0 Å². The summed E-state index contributed by atoms with van der Waals surface area (Å²) in [6, 6.07) is 27.3. The number of rotatable bonds is 8. The molecule has 0 radical (unpaired) electrons. The van der Waals surface area contributed by atoms with E-state index in [9.17, 15) is 9.46 Å². The molecule has 0 aliphatic heterocycles. The molecule has 1 unspecified atom stereocenters. The van der Waals surface area contributed by atoms with Gasteiger partial charge in [-0.05, 0) is 23.3 Å². The molecule has 0 saturated heterocycles. The second kappa shape index (κ2) is 8.79. The van der Waals surface area contributed by atoms with Gasteiger partial charge in [0.05, 0.1) is 0 Å². The van der Waals surface area contributed by atoms with Gasteiger partial charge >= 0.3 is 7.82 Å². The molecule has 0 aliphatic carbocycles. The summed E-state index contributed by atoms with van der Waals surface area (Å²) in [5.41, 5.74) is 1.87. The fourth-order valence-corrected chi connectivity index (χ4v) is 3.27. The van der Waals surface area contributed by atoms with Crippen LogP contribution in [0.25, 0.3) is 0 Å². The Morgan fingerprint density at radius 1 is 0.731 bits per heavy atom. The van der Waals surface area contributed by atoms with Crippen molar-refractivity contribution in [3.63, 3.8) is 0 Å². The van der Waals surface area contributed by atoms with Gasteiger partial charge in [-0.15, -0.1) is 0 Å². The molecule has 0 aromatic heterocycles. The highest BCUT2D eigenvalue weighted by molar-refractivity contribution is 7.46. The molecule has 3 aromatic carbocycles. The average molecular weight is 368 g/mol. The van der Waals surface area contributed by atoms with Gasteiger partial charge in [-0.3, -0.25) is 4.57 Å². The van der Waals surface area contributed by atoms with Crippen LogP contribution in [0.2, 0.25) is 0 Å². The Bertz CT molecular complexity index is 802. The Morgan fingerprint density at radius 2 is 1.15 bits per heavy atom. The molecule has 0 amide bonds. The summed E-state index contributed by atoms with van der Waals surface area (Å²) in [6.07, 6.45) is 0. The lowest BCUT2D eigenvalue weighted by atomic mass is 10.2. The van der Waals surface area contributed by atoms with Crippen LogP contribution in [-0.4, -0.2) is 5.06 Å². The van der Waals surface area contributed by atoms with Crippen molar-refractivity contribution in [1.82, 2.24) is 5.06 Å². The van der Waals surface area contributed by atoms with E-state index in [4.69, 9.17) is 9.15 Å². The highest BCUT2D eigenvalue weighted by Gasteiger charge is 2.18. The Hall–Kier alpha value is -2.43. The lowest BCUT2D eigenvalue weighted by Crippen LogP contribution is -2.26. The van der Waals surface area contributed by atoms with Gasteiger partial charge in [0.1, 0.15) is 5.75 Å². The Morgan fingerprint density at radius 3 is 1.62 bits per heavy atom. The standard InChI is InChI=1S/C20H20NO4P/c22-26(23,24-20-14-8-3-9-15-20)25-21(16-18-10-4-1-5-11-18)17-19-12-6-2-7-13-19/h1-15H,16-17H2,(H,22,23)/p-1. The molecule has 3 rings (SSSR count). The Kier molecular flexibility index (Phi) is 6.21. The molecule has 0 spiro atoms. The van der Waals surface area contributed by atoms with E-state index in [1.54, 1.807) is 30.3 Å². The Balaban J connectivity index is 1.74. The average Bonchev–Trinajstić information content (AvgIpc) is 2.63. The third-order valence-corrected chi connectivity index (χ3v) is 4.44. The summed E-state index contributed by atoms with van der Waals surface area (Å²) < 4.78 is 22.6. The van der Waals surface area contributed by atoms with Crippen LogP contribution in [0.1, 0.15) is 11.1 Å². The number of para-hydroxylation sites is 1. The third-order valence-electron chi connectivity index (χ3n) is 3.58. The fraction of sp³-hybridized carbons (Fsp3) is 0.100. The van der Waals surface area contributed by atoms with E-state index in [0.717, 1.165) is 11.1 Å². The summed E-state index contributed by atoms with van der Waals surface area (Å²) in [4.78, 5) is 12.3. The molecule has 1 atom stereocenters. The predicted octanol–water partition coefficient (Wildman–Crippen LogP) is 4.17. The van der Waals surface area contributed by atoms with Crippen molar-refractivity contribution in [3.8, 4) is 5.75 Å². The molecule has 0 N–H and O–H groups in total. The van der Waals surface area contributed by atoms with Crippen LogP contribution < -0.4 is 9.42 Å². The summed E-state index contributed by atoms with van der Waals surface area (Å²) >= 11 is 0. The molecule has 0 heterocycles. The molecular formula is C20H19NO4P-. The molecule has 0 saturated carbocycles. The first-order chi connectivity index (χ1) is 12.6. The van der Waals surface area contributed by atoms with E-state index in [1.807, 2.05) is 60.7 Å². The minimum absolute atomic E-state index is 0.213. The summed E-state index contributed by atoms with van der Waals surface area (Å²) in [5.74, 6) is 0.213. The van der Waals surface area contributed by atoms with Crippen molar-refractivity contribution in [1.29, 1.82) is 0 Å². The van der Waals surface area contributed by atoms with Gasteiger partial charge in [0.2, 0.25) is 0 Å². The second-order valence-corrected chi connectivity index (χ2v) is 6.94. The number of benzene rings is 3. The van der Waals surface area contributed by atoms with Crippen LogP contribution in [0.15, 0.2) is 91.0 Å². The predicted molar refractivity (Wildman–Crippen MR) is 97.9 cm³/mol. The molecule has 0 bridgehead atoms. The van der Waals surface area contributed by atoms with Gasteiger partial charge in [-0.2, -0.15) is 5.06 Å². The van der Waals surface area contributed by atoms with Crippen molar-refractivity contribution < 1.29 is 18.6 Å². The molecular weight excluding hydrogens is 349 g/mol. The summed E-state index contributed by atoms with van der Waals surface area (Å²) in [5, 5.41) is 1.38. The van der Waals surface area contributed by atoms with E-state index in [2.05, 4.69) is 0 Å². The van der Waals surface area contributed by atoms with Crippen LogP contribution in [0.5, 0.6) is 5.75 Å². The summed E-state index contributed by atoms with van der Waals surface area (Å²) in [7, 11) is -4.57. The lowest BCUT2D eigenvalue weighted by Gasteiger charge is -2.30. The van der Waals surface area contributed by atoms with Crippen LogP contribution in [-0.2, 0) is 22.3 Å². The third kappa shape index (κ3) is 5.83. The van der Waals surface area contributed by atoms with Gasteiger partial charge in [0.25, 0.3) is 0 Å². The molecule has 0 aliphatic rings. The van der Waals surface area contributed by atoms with Crippen molar-refractivity contribution >= 4 is 7.82 Å². The molecule has 6 heteroatoms. The first kappa shape index (κ1) is 18.4. The van der Waals surface area contributed by atoms with Crippen LogP contribution in [0.3, 0.4) is 0 Å². The summed E-state index contributed by atoms with van der Waals surface area (Å²) in [6.45, 7) is 0.611. The molecule has 5 nitrogen and oxygen atoms in total. The molecule has 26 heavy (non-hydrogen) atoms. The topological polar surface area (TPSA) is 61.8 Å². The highest BCUT2D eigenvalue weighted by atomic mass is 31.2. The van der Waals surface area contributed by atoms with E-state index in [0.29, 0.717) is 13.1 Å². The van der Waals surface area contributed by atoms with Gasteiger partial charge in [0, 0.05) is 13.1 Å². The smallest absolute Gasteiger partial charge is 0.336 e. The van der Waals surface area contributed by atoms with Gasteiger partial charge in [-0.1, -0.05) is 78.9 Å². The molecule has 3 aromatic rings. The number of nitrogens with zero attached hydrogens (tertiary/aromatic N) is 1. The Labute approximate surface area is 153 Å². The lowest BCUT2D eigenvalue weighted by molar-refractivity contribution is -0.251. The first-order valence-corrected chi connectivity index (χ1v) is 9.65. The number of phosphoric ester groups is 1. The van der Waals surface area contributed by atoms with Crippen molar-refractivity contribution in [2.75, 3.05) is 0 Å². The van der Waals surface area contributed by atoms with Gasteiger partial charge < -0.3 is 9.42 Å². The minimum atomic E-state index is -4.57. The largest absolute Gasteiger partial charge is 0.745 e. The quantitative estimate of drug-likeness (QED) is 0.441. The van der Waals surface area contributed by atoms with Crippen LogP contribution >= 0.6 is 7.82 Å². The zero-order valence-corrected chi connectivity index (χ0v) is 15.0. The zero-order chi connectivity index (χ0) is 18.2. The maximum atomic E-state index is 12.3. The SMILES string of the molecule is O=P([O-])(Oc1ccccc1)ON(Cc1ccccc1)Cc1ccccc1. The molecule has 134 valence electrons. The second-order valence-electron chi connectivity index (χ2n) is 5.70. The first-order valence-electron chi connectivity index (χ1n) is 8.19. The number of phosphoric acid groups is 1. The number of hydrogen-bond donors (Lipinski definition) is 0. The number of hydroxylamine groups is 2. The fourth-order valence-electron chi connectivity index (χ4n) is 2.46. The van der Waals surface area contributed by atoms with E-state index in [-0.39, 0.29) is 5.75 Å². The van der Waals surface area contributed by atoms with Gasteiger partial charge in [0.15, 0.2) is 0 Å². The normalized spacial score (nSPS) is 13.3. The monoisotopic (exact) mass is 368 g/mol. The maximum absolute atomic E-state index is 12.3. The zero-order valence-electron chi connectivity index (χ0n) is 14.1. The van der Waals surface area contributed by atoms with Gasteiger partial charge in [-0.25, -0.2) is 4.62 Å². The van der Waals surface area contributed by atoms with E-state index in [1.165, 1.54) is 5.06 Å².